The van der Waals surface area contributed by atoms with E-state index in [-0.39, 0.29) is 16.5 Å². The van der Waals surface area contributed by atoms with E-state index in [0.717, 1.165) is 5.01 Å². The number of halogens is 1. The third-order valence-corrected chi connectivity index (χ3v) is 3.92. The summed E-state index contributed by atoms with van der Waals surface area (Å²) in [5.41, 5.74) is 0.256. The van der Waals surface area contributed by atoms with Gasteiger partial charge < -0.3 is 5.32 Å². The summed E-state index contributed by atoms with van der Waals surface area (Å²) < 4.78 is 1.21. The third kappa shape index (κ3) is 2.70. The summed E-state index contributed by atoms with van der Waals surface area (Å²) in [7, 11) is 1.57. The summed E-state index contributed by atoms with van der Waals surface area (Å²) in [6, 6.07) is 0. The Labute approximate surface area is 113 Å². The van der Waals surface area contributed by atoms with Gasteiger partial charge in [-0.3, -0.25) is 4.79 Å². The van der Waals surface area contributed by atoms with Crippen LogP contribution in [0.2, 0.25) is 5.02 Å². The van der Waals surface area contributed by atoms with Crippen LogP contribution in [0.1, 0.15) is 17.8 Å². The average molecular weight is 285 g/mol. The van der Waals surface area contributed by atoms with Crippen LogP contribution in [0.5, 0.6) is 0 Å². The molecule has 0 radical (unpaired) electrons. The normalized spacial score (nSPS) is 12.4. The molecule has 2 aromatic heterocycles. The Morgan fingerprint density at radius 1 is 1.61 bits per heavy atom. The second-order valence-corrected chi connectivity index (χ2v) is 5.26. The molecule has 0 fully saturated rings. The van der Waals surface area contributed by atoms with Crippen LogP contribution in [0.25, 0.3) is 0 Å². The van der Waals surface area contributed by atoms with Crippen molar-refractivity contribution in [2.24, 2.45) is 7.05 Å². The molecule has 2 rings (SSSR count). The molecule has 0 amide bonds. The van der Waals surface area contributed by atoms with Crippen LogP contribution in [0.15, 0.2) is 22.6 Å². The van der Waals surface area contributed by atoms with Crippen LogP contribution < -0.4 is 10.9 Å². The molecule has 96 valence electrons. The van der Waals surface area contributed by atoms with Crippen molar-refractivity contribution in [2.75, 3.05) is 11.9 Å². The number of thiazole rings is 1. The highest BCUT2D eigenvalue weighted by Gasteiger charge is 2.11. The molecule has 0 bridgehead atoms. The Morgan fingerprint density at radius 3 is 3.06 bits per heavy atom. The highest BCUT2D eigenvalue weighted by atomic mass is 35.5. The zero-order chi connectivity index (χ0) is 13.1. The van der Waals surface area contributed by atoms with E-state index in [1.54, 1.807) is 30.8 Å². The van der Waals surface area contributed by atoms with Crippen molar-refractivity contribution in [3.05, 3.63) is 38.2 Å². The van der Waals surface area contributed by atoms with Gasteiger partial charge in [-0.1, -0.05) is 18.5 Å². The van der Waals surface area contributed by atoms with Crippen molar-refractivity contribution in [3.8, 4) is 0 Å². The van der Waals surface area contributed by atoms with Gasteiger partial charge in [0, 0.05) is 31.1 Å². The van der Waals surface area contributed by atoms with Crippen molar-refractivity contribution in [1.29, 1.82) is 0 Å². The lowest BCUT2D eigenvalue weighted by molar-refractivity contribution is 0.706. The van der Waals surface area contributed by atoms with Gasteiger partial charge in [-0.05, 0) is 0 Å². The zero-order valence-corrected chi connectivity index (χ0v) is 11.6. The van der Waals surface area contributed by atoms with Gasteiger partial charge in [-0.2, -0.15) is 5.10 Å². The van der Waals surface area contributed by atoms with Crippen molar-refractivity contribution >= 4 is 28.6 Å². The van der Waals surface area contributed by atoms with Gasteiger partial charge in [0.2, 0.25) is 0 Å². The third-order valence-electron chi connectivity index (χ3n) is 2.55. The quantitative estimate of drug-likeness (QED) is 0.934. The summed E-state index contributed by atoms with van der Waals surface area (Å²) in [6.07, 6.45) is 3.33. The Morgan fingerprint density at radius 2 is 2.39 bits per heavy atom. The minimum atomic E-state index is -0.302. The van der Waals surface area contributed by atoms with Gasteiger partial charge in [0.25, 0.3) is 5.56 Å². The Hall–Kier alpha value is -1.40. The SMILES string of the molecule is CC(CNc1cnn(C)c(=O)c1Cl)c1nccs1. The van der Waals surface area contributed by atoms with E-state index in [9.17, 15) is 4.79 Å². The van der Waals surface area contributed by atoms with Gasteiger partial charge in [-0.15, -0.1) is 11.3 Å². The van der Waals surface area contributed by atoms with Crippen molar-refractivity contribution in [2.45, 2.75) is 12.8 Å². The first-order valence-corrected chi connectivity index (χ1v) is 6.70. The van der Waals surface area contributed by atoms with Crippen molar-refractivity contribution in [3.63, 3.8) is 0 Å². The van der Waals surface area contributed by atoms with E-state index < -0.39 is 0 Å². The molecule has 0 saturated carbocycles. The highest BCUT2D eigenvalue weighted by Crippen LogP contribution is 2.20. The van der Waals surface area contributed by atoms with Crippen LogP contribution >= 0.6 is 22.9 Å². The van der Waals surface area contributed by atoms with E-state index in [1.807, 2.05) is 5.38 Å². The fourth-order valence-corrected chi connectivity index (χ4v) is 2.40. The molecular formula is C11H13ClN4OS. The molecule has 18 heavy (non-hydrogen) atoms. The Kier molecular flexibility index (Phi) is 3.98. The summed E-state index contributed by atoms with van der Waals surface area (Å²) in [6.45, 7) is 2.72. The smallest absolute Gasteiger partial charge is 0.287 e. The highest BCUT2D eigenvalue weighted by molar-refractivity contribution is 7.09. The fraction of sp³-hybridized carbons (Fsp3) is 0.364. The number of nitrogens with one attached hydrogen (secondary N) is 1. The first-order valence-electron chi connectivity index (χ1n) is 5.44. The topological polar surface area (TPSA) is 59.8 Å². The van der Waals surface area contributed by atoms with E-state index in [1.165, 1.54) is 4.68 Å². The molecule has 2 heterocycles. The first-order chi connectivity index (χ1) is 8.59. The molecule has 0 aliphatic heterocycles. The van der Waals surface area contributed by atoms with Crippen LogP contribution in [0, 0.1) is 0 Å². The van der Waals surface area contributed by atoms with Gasteiger partial charge in [0.05, 0.1) is 16.9 Å². The fourth-order valence-electron chi connectivity index (χ4n) is 1.46. The largest absolute Gasteiger partial charge is 0.382 e. The van der Waals surface area contributed by atoms with Gasteiger partial charge in [0.15, 0.2) is 0 Å². The maximum atomic E-state index is 11.6. The molecule has 7 heteroatoms. The van der Waals surface area contributed by atoms with Crippen molar-refractivity contribution in [1.82, 2.24) is 14.8 Å². The second kappa shape index (κ2) is 5.49. The Bertz CT molecular complexity index is 581. The van der Waals surface area contributed by atoms with Gasteiger partial charge >= 0.3 is 0 Å². The predicted molar refractivity (Wildman–Crippen MR) is 73.5 cm³/mol. The number of anilines is 1. The van der Waals surface area contributed by atoms with Crippen LogP contribution in [0.3, 0.4) is 0 Å². The summed E-state index contributed by atoms with van der Waals surface area (Å²) >= 11 is 7.57. The summed E-state index contributed by atoms with van der Waals surface area (Å²) in [5.74, 6) is 0.255. The number of aromatic nitrogens is 3. The van der Waals surface area contributed by atoms with Crippen LogP contribution in [-0.4, -0.2) is 21.3 Å². The van der Waals surface area contributed by atoms with E-state index in [0.29, 0.717) is 12.2 Å². The second-order valence-electron chi connectivity index (χ2n) is 3.95. The molecule has 1 N–H and O–H groups in total. The van der Waals surface area contributed by atoms with Gasteiger partial charge in [0.1, 0.15) is 5.02 Å². The van der Waals surface area contributed by atoms with E-state index in [4.69, 9.17) is 11.6 Å². The minimum Gasteiger partial charge on any atom is -0.382 e. The monoisotopic (exact) mass is 284 g/mol. The molecule has 1 atom stereocenters. The lowest BCUT2D eigenvalue weighted by Gasteiger charge is -2.12. The van der Waals surface area contributed by atoms with E-state index >= 15 is 0 Å². The lowest BCUT2D eigenvalue weighted by Crippen LogP contribution is -2.22. The van der Waals surface area contributed by atoms with E-state index in [2.05, 4.69) is 22.3 Å². The average Bonchev–Trinajstić information content (AvgIpc) is 2.89. The number of nitrogens with zero attached hydrogens (tertiary/aromatic N) is 3. The predicted octanol–water partition coefficient (Wildman–Crippen LogP) is 2.11. The number of hydrogen-bond acceptors (Lipinski definition) is 5. The molecular weight excluding hydrogens is 272 g/mol. The van der Waals surface area contributed by atoms with Crippen molar-refractivity contribution < 1.29 is 0 Å². The van der Waals surface area contributed by atoms with Crippen LogP contribution in [-0.2, 0) is 7.05 Å². The molecule has 0 aromatic carbocycles. The molecule has 0 aliphatic carbocycles. The minimum absolute atomic E-state index is 0.166. The number of hydrogen-bond donors (Lipinski definition) is 1. The maximum Gasteiger partial charge on any atom is 0.287 e. The maximum absolute atomic E-state index is 11.6. The molecule has 0 spiro atoms. The summed E-state index contributed by atoms with van der Waals surface area (Å²) in [5, 5.41) is 10.2. The molecule has 0 saturated heterocycles. The van der Waals surface area contributed by atoms with Crippen LogP contribution in [0.4, 0.5) is 5.69 Å². The molecule has 1 unspecified atom stereocenters. The molecule has 2 aromatic rings. The molecule has 5 nitrogen and oxygen atoms in total. The molecule has 0 aliphatic rings. The number of rotatable bonds is 4. The summed E-state index contributed by atoms with van der Waals surface area (Å²) in [4.78, 5) is 15.8. The number of aryl methyl sites for hydroxylation is 1. The standard InChI is InChI=1S/C11H13ClN4OS/c1-7(10-13-3-4-18-10)5-14-8-6-15-16(2)11(17)9(8)12/h3-4,6-7,14H,5H2,1-2H3. The van der Waals surface area contributed by atoms with Gasteiger partial charge in [-0.25, -0.2) is 9.67 Å². The lowest BCUT2D eigenvalue weighted by atomic mass is 10.2. The Balaban J connectivity index is 2.07. The zero-order valence-electron chi connectivity index (χ0n) is 10.1. The first kappa shape index (κ1) is 13.0.